The minimum atomic E-state index is -4.88. The number of rotatable bonds is 29. The van der Waals surface area contributed by atoms with Crippen LogP contribution in [0.2, 0.25) is 51.4 Å². The number of methoxy groups -OCH3 is 2. The summed E-state index contributed by atoms with van der Waals surface area (Å²) in [5.41, 5.74) is 7.92. The van der Waals surface area contributed by atoms with Gasteiger partial charge in [-0.25, -0.2) is 4.79 Å². The number of nitrogens with zero attached hydrogens (tertiary/aromatic N) is 4. The molecule has 11 rings (SSSR count). The minimum Gasteiger partial charge on any atom is -0.493 e. The molecule has 22 nitrogen and oxygen atoms in total. The van der Waals surface area contributed by atoms with Gasteiger partial charge in [0.05, 0.1) is 49.9 Å². The number of alkyl halides is 3. The second kappa shape index (κ2) is 31.6. The lowest BCUT2D eigenvalue weighted by atomic mass is 9.98. The summed E-state index contributed by atoms with van der Waals surface area (Å²) in [6, 6.07) is 32.0. The molecule has 4 aliphatic heterocycles. The third-order valence-electron chi connectivity index (χ3n) is 18.8. The van der Waals surface area contributed by atoms with E-state index in [2.05, 4.69) is 60.0 Å². The van der Waals surface area contributed by atoms with Gasteiger partial charge in [0.2, 0.25) is 11.8 Å². The van der Waals surface area contributed by atoms with Gasteiger partial charge in [-0.05, 0) is 106 Å². The lowest BCUT2D eigenvalue weighted by Gasteiger charge is -2.27. The first-order valence-corrected chi connectivity index (χ1v) is 42.1. The van der Waals surface area contributed by atoms with Crippen molar-refractivity contribution in [2.75, 3.05) is 75.8 Å². The standard InChI is InChI=1S/C77H88F3N7O15Si2/c1-46(2)69(83-76(94)101-43-60-56-19-14-12-17-54(56)55-18-13-15-20-57(55)60)71(89)81-47(3)70(88)82-52-25-21-48(22-26-52)50-35-63-74(92)86(44-97-31-33-103(6,7)8)61-39-67(65(95-4)37-58(61)72(90)84(63)41-50)99-29-16-30-100-68-40-62-59(38-66(68)96-5)73(91)85-42-51(49-23-27-53(28-24-49)102-77(78,79)80)36-64(85)75(93)87(62)45-98-32-34-104(9,10)11/h12-15,17-28,37-42,46-47,60,63-64,69H,16,29-36,43-45H2,1-11H3,(H,81,89)(H,82,88)(H,83,94)/t47-,63-,64-,69-/m0/s1. The minimum absolute atomic E-state index is 0.0493. The Morgan fingerprint density at radius 1 is 0.567 bits per heavy atom. The van der Waals surface area contributed by atoms with Crippen LogP contribution in [-0.2, 0) is 33.4 Å². The van der Waals surface area contributed by atoms with Crippen molar-refractivity contribution in [2.24, 2.45) is 5.92 Å². The molecular formula is C77H88F3N7O15Si2. The molecule has 0 aromatic heterocycles. The quantitative estimate of drug-likeness (QED) is 0.0292. The number of anilines is 3. The molecule has 7 amide bonds. The number of nitrogens with one attached hydrogen (secondary N) is 3. The average Bonchev–Trinajstić information content (AvgIpc) is 1.61. The molecule has 550 valence electrons. The lowest BCUT2D eigenvalue weighted by Crippen LogP contribution is -2.53. The molecule has 1 aliphatic carbocycles. The Morgan fingerprint density at radius 2 is 1.03 bits per heavy atom. The molecule has 0 saturated heterocycles. The van der Waals surface area contributed by atoms with Gasteiger partial charge in [0.15, 0.2) is 23.0 Å². The first-order chi connectivity index (χ1) is 49.5. The maximum Gasteiger partial charge on any atom is 0.573 e. The Bertz CT molecular complexity index is 4270. The molecule has 6 aromatic rings. The number of carbonyl (C=O) groups is 7. The topological polar surface area (TPSA) is 242 Å². The third-order valence-corrected chi connectivity index (χ3v) is 22.2. The zero-order valence-corrected chi connectivity index (χ0v) is 62.2. The van der Waals surface area contributed by atoms with Gasteiger partial charge in [-0.1, -0.05) is 126 Å². The second-order valence-electron chi connectivity index (χ2n) is 29.1. The van der Waals surface area contributed by atoms with E-state index in [0.717, 1.165) is 34.3 Å². The first kappa shape index (κ1) is 75.2. The monoisotopic (exact) mass is 1460 g/mol. The molecular weight excluding hydrogens is 1380 g/mol. The maximum absolute atomic E-state index is 15.0. The molecule has 0 unspecified atom stereocenters. The number of ether oxygens (including phenoxy) is 8. The van der Waals surface area contributed by atoms with E-state index in [9.17, 15) is 41.9 Å². The number of carbonyl (C=O) groups excluding carboxylic acids is 7. The van der Waals surface area contributed by atoms with Crippen molar-refractivity contribution in [1.29, 1.82) is 0 Å². The van der Waals surface area contributed by atoms with Gasteiger partial charge < -0.3 is 63.6 Å². The van der Waals surface area contributed by atoms with Crippen LogP contribution in [0.3, 0.4) is 0 Å². The van der Waals surface area contributed by atoms with E-state index >= 15 is 4.79 Å². The van der Waals surface area contributed by atoms with Crippen molar-refractivity contribution in [1.82, 2.24) is 20.4 Å². The van der Waals surface area contributed by atoms with Crippen LogP contribution in [0.1, 0.15) is 88.9 Å². The maximum atomic E-state index is 15.0. The largest absolute Gasteiger partial charge is 0.573 e. The number of halogens is 3. The van der Waals surface area contributed by atoms with Crippen LogP contribution in [-0.4, -0.2) is 159 Å². The second-order valence-corrected chi connectivity index (χ2v) is 40.3. The number of benzene rings is 6. The smallest absolute Gasteiger partial charge is 0.493 e. The zero-order valence-electron chi connectivity index (χ0n) is 60.2. The SMILES string of the molecule is COc1cc2c(cc1OCCCOc1cc3c(cc1OC)C(=O)N1C=C(c4ccc(OC(F)(F)F)cc4)C[C@H]1C(=O)N3COCC[Si](C)(C)C)N(COCC[Si](C)(C)C)C(=O)[C@@H]1CC(c3ccc(NC(=O)[C@H](C)NC(=O)[C@@H](NC(=O)OCC4c5ccccc5-c5ccccc54)C(C)C)cc3)=CN1C2=O. The van der Waals surface area contributed by atoms with E-state index in [-0.39, 0.29) is 110 Å². The predicted octanol–water partition coefficient (Wildman–Crippen LogP) is 13.3. The van der Waals surface area contributed by atoms with E-state index in [4.69, 9.17) is 33.2 Å². The van der Waals surface area contributed by atoms with Crippen molar-refractivity contribution in [2.45, 2.75) is 128 Å². The molecule has 0 radical (unpaired) electrons. The van der Waals surface area contributed by atoms with Crippen LogP contribution in [0.5, 0.6) is 28.7 Å². The first-order valence-electron chi connectivity index (χ1n) is 34.7. The fourth-order valence-electron chi connectivity index (χ4n) is 13.1. The predicted molar refractivity (Wildman–Crippen MR) is 392 cm³/mol. The summed E-state index contributed by atoms with van der Waals surface area (Å²) in [5, 5.41) is 8.29. The summed E-state index contributed by atoms with van der Waals surface area (Å²) in [4.78, 5) is 105. The molecule has 27 heteroatoms. The van der Waals surface area contributed by atoms with E-state index in [1.54, 1.807) is 62.5 Å². The van der Waals surface area contributed by atoms with Gasteiger partial charge >= 0.3 is 12.5 Å². The van der Waals surface area contributed by atoms with Crippen molar-refractivity contribution >= 4 is 85.9 Å². The van der Waals surface area contributed by atoms with Gasteiger partial charge in [-0.2, -0.15) is 0 Å². The number of hydrogen-bond donors (Lipinski definition) is 3. The number of amides is 7. The normalized spacial score (nSPS) is 17.0. The molecule has 0 spiro atoms. The molecule has 4 atom stereocenters. The Hall–Kier alpha value is -9.97. The lowest BCUT2D eigenvalue weighted by molar-refractivity contribution is -0.274. The van der Waals surface area contributed by atoms with E-state index in [1.165, 1.54) is 77.3 Å². The summed E-state index contributed by atoms with van der Waals surface area (Å²) in [6.45, 7) is 18.9. The highest BCUT2D eigenvalue weighted by Gasteiger charge is 2.46. The molecule has 6 aromatic carbocycles. The highest BCUT2D eigenvalue weighted by molar-refractivity contribution is 6.76. The fourth-order valence-corrected chi connectivity index (χ4v) is 14.6. The zero-order chi connectivity index (χ0) is 74.5. The molecule has 104 heavy (non-hydrogen) atoms. The Labute approximate surface area is 604 Å². The van der Waals surface area contributed by atoms with E-state index in [1.807, 2.05) is 48.5 Å². The van der Waals surface area contributed by atoms with Crippen molar-refractivity contribution in [3.05, 3.63) is 167 Å². The number of alkyl carbamates (subject to hydrolysis) is 1. The van der Waals surface area contributed by atoms with Crippen molar-refractivity contribution in [3.63, 3.8) is 0 Å². The molecule has 5 aliphatic rings. The van der Waals surface area contributed by atoms with Crippen LogP contribution in [0.15, 0.2) is 134 Å². The number of hydrogen-bond acceptors (Lipinski definition) is 15. The highest BCUT2D eigenvalue weighted by Crippen LogP contribution is 2.47. The van der Waals surface area contributed by atoms with Crippen molar-refractivity contribution in [3.8, 4) is 39.9 Å². The van der Waals surface area contributed by atoms with Crippen LogP contribution in [0.25, 0.3) is 22.3 Å². The summed E-state index contributed by atoms with van der Waals surface area (Å²) in [7, 11) is -0.273. The fraction of sp³-hybridized carbons (Fsp3) is 0.390. The summed E-state index contributed by atoms with van der Waals surface area (Å²) in [6.07, 6.45) is -1.94. The summed E-state index contributed by atoms with van der Waals surface area (Å²) in [5.74, 6) is -2.96. The Kier molecular flexibility index (Phi) is 22.8. The number of fused-ring (bicyclic) bond motifs is 7. The summed E-state index contributed by atoms with van der Waals surface area (Å²) >= 11 is 0. The molecule has 4 heterocycles. The molecule has 0 bridgehead atoms. The van der Waals surface area contributed by atoms with Gasteiger partial charge in [0.1, 0.15) is 50.0 Å². The van der Waals surface area contributed by atoms with Crippen LogP contribution < -0.4 is 49.4 Å². The van der Waals surface area contributed by atoms with E-state index < -0.39 is 94.0 Å². The van der Waals surface area contributed by atoms with Crippen molar-refractivity contribution < 1.29 is 84.6 Å². The molecule has 0 saturated carbocycles. The summed E-state index contributed by atoms with van der Waals surface area (Å²) < 4.78 is 85.5. The van der Waals surface area contributed by atoms with Gasteiger partial charge in [-0.3, -0.25) is 38.6 Å². The van der Waals surface area contributed by atoms with Crippen LogP contribution in [0.4, 0.5) is 35.0 Å². The molecule has 3 N–H and O–H groups in total. The van der Waals surface area contributed by atoms with Crippen LogP contribution in [0, 0.1) is 5.92 Å². The Balaban J connectivity index is 0.742. The van der Waals surface area contributed by atoms with E-state index in [0.29, 0.717) is 41.2 Å². The third kappa shape index (κ3) is 17.3. The highest BCUT2D eigenvalue weighted by atomic mass is 28.3. The van der Waals surface area contributed by atoms with Crippen LogP contribution >= 0.6 is 0 Å². The van der Waals surface area contributed by atoms with Gasteiger partial charge in [0, 0.05) is 84.8 Å². The average molecular weight is 1460 g/mol. The van der Waals surface area contributed by atoms with Gasteiger partial charge in [-0.15, -0.1) is 13.2 Å². The van der Waals surface area contributed by atoms with Gasteiger partial charge in [0.25, 0.3) is 23.6 Å². The Morgan fingerprint density at radius 3 is 1.47 bits per heavy atom. The molecule has 0 fully saturated rings.